The van der Waals surface area contributed by atoms with Gasteiger partial charge in [0.15, 0.2) is 0 Å². The third-order valence-electron chi connectivity index (χ3n) is 3.81. The quantitative estimate of drug-likeness (QED) is 0.614. The predicted octanol–water partition coefficient (Wildman–Crippen LogP) is 4.01. The standard InChI is InChI=1S/C17H17ClN2O3/c1-12(14-4-3-5-15(18)11-14)19(2)17(21)10-13-6-8-16(9-7-13)20(22)23/h3-9,11-12H,10H2,1-2H3. The number of nitrogens with zero attached hydrogens (tertiary/aromatic N) is 2. The fourth-order valence-corrected chi connectivity index (χ4v) is 2.44. The molecule has 2 rings (SSSR count). The Bertz CT molecular complexity index is 716. The average Bonchev–Trinajstić information content (AvgIpc) is 2.54. The monoisotopic (exact) mass is 332 g/mol. The number of non-ortho nitro benzene ring substituents is 1. The van der Waals surface area contributed by atoms with Crippen LogP contribution in [0.1, 0.15) is 24.1 Å². The first-order chi connectivity index (χ1) is 10.9. The van der Waals surface area contributed by atoms with E-state index in [0.29, 0.717) is 5.02 Å². The van der Waals surface area contributed by atoms with Gasteiger partial charge in [-0.1, -0.05) is 35.9 Å². The molecule has 23 heavy (non-hydrogen) atoms. The Morgan fingerprint density at radius 3 is 2.48 bits per heavy atom. The van der Waals surface area contributed by atoms with Crippen LogP contribution in [0, 0.1) is 10.1 Å². The van der Waals surface area contributed by atoms with Gasteiger partial charge in [-0.25, -0.2) is 0 Å². The van der Waals surface area contributed by atoms with Crippen LogP contribution in [0.4, 0.5) is 5.69 Å². The topological polar surface area (TPSA) is 63.5 Å². The molecule has 6 heteroatoms. The number of carbonyl (C=O) groups is 1. The summed E-state index contributed by atoms with van der Waals surface area (Å²) in [5.74, 6) is -0.0636. The van der Waals surface area contributed by atoms with Crippen LogP contribution in [-0.2, 0) is 11.2 Å². The summed E-state index contributed by atoms with van der Waals surface area (Å²) in [5, 5.41) is 11.3. The zero-order valence-electron chi connectivity index (χ0n) is 12.9. The molecule has 0 saturated carbocycles. The SMILES string of the molecule is CC(c1cccc(Cl)c1)N(C)C(=O)Cc1ccc([N+](=O)[O-])cc1. The van der Waals surface area contributed by atoms with Gasteiger partial charge >= 0.3 is 0 Å². The van der Waals surface area contributed by atoms with Crippen LogP contribution in [0.5, 0.6) is 0 Å². The molecule has 1 unspecified atom stereocenters. The molecule has 0 radical (unpaired) electrons. The van der Waals surface area contributed by atoms with E-state index in [-0.39, 0.29) is 24.1 Å². The Kier molecular flexibility index (Phi) is 5.34. The molecular formula is C17H17ClN2O3. The van der Waals surface area contributed by atoms with Gasteiger partial charge < -0.3 is 4.90 Å². The molecule has 0 aliphatic rings. The van der Waals surface area contributed by atoms with Crippen molar-refractivity contribution >= 4 is 23.2 Å². The normalized spacial score (nSPS) is 11.8. The average molecular weight is 333 g/mol. The lowest BCUT2D eigenvalue weighted by molar-refractivity contribution is -0.384. The minimum Gasteiger partial charge on any atom is -0.339 e. The highest BCUT2D eigenvalue weighted by Gasteiger charge is 2.18. The first-order valence-corrected chi connectivity index (χ1v) is 7.50. The first kappa shape index (κ1) is 17.0. The number of amides is 1. The number of hydrogen-bond acceptors (Lipinski definition) is 3. The summed E-state index contributed by atoms with van der Waals surface area (Å²) in [5.41, 5.74) is 1.71. The molecule has 0 aliphatic carbocycles. The van der Waals surface area contributed by atoms with Crippen molar-refractivity contribution < 1.29 is 9.72 Å². The molecule has 0 heterocycles. The van der Waals surface area contributed by atoms with Crippen molar-refractivity contribution in [3.63, 3.8) is 0 Å². The minimum absolute atomic E-state index is 0.0156. The molecule has 0 aliphatic heterocycles. The number of benzene rings is 2. The molecule has 120 valence electrons. The summed E-state index contributed by atoms with van der Waals surface area (Å²) in [6.45, 7) is 1.93. The van der Waals surface area contributed by atoms with Crippen molar-refractivity contribution in [2.75, 3.05) is 7.05 Å². The van der Waals surface area contributed by atoms with Crippen LogP contribution in [0.15, 0.2) is 48.5 Å². The van der Waals surface area contributed by atoms with Crippen molar-refractivity contribution in [1.29, 1.82) is 0 Å². The van der Waals surface area contributed by atoms with Gasteiger partial charge in [0.05, 0.1) is 17.4 Å². The summed E-state index contributed by atoms with van der Waals surface area (Å²) in [7, 11) is 1.74. The van der Waals surface area contributed by atoms with Crippen molar-refractivity contribution in [3.8, 4) is 0 Å². The Morgan fingerprint density at radius 1 is 1.26 bits per heavy atom. The third kappa shape index (κ3) is 4.29. The van der Waals surface area contributed by atoms with Crippen molar-refractivity contribution in [3.05, 3.63) is 74.8 Å². The maximum Gasteiger partial charge on any atom is 0.269 e. The van der Waals surface area contributed by atoms with E-state index in [1.807, 2.05) is 25.1 Å². The Hall–Kier alpha value is -2.40. The van der Waals surface area contributed by atoms with E-state index in [1.165, 1.54) is 12.1 Å². The molecule has 0 bridgehead atoms. The molecule has 0 spiro atoms. The van der Waals surface area contributed by atoms with Gasteiger partial charge in [0.1, 0.15) is 0 Å². The van der Waals surface area contributed by atoms with E-state index in [1.54, 1.807) is 30.1 Å². The summed E-state index contributed by atoms with van der Waals surface area (Å²) in [6.07, 6.45) is 0.194. The number of rotatable bonds is 5. The second kappa shape index (κ2) is 7.24. The number of hydrogen-bond donors (Lipinski definition) is 0. The number of likely N-dealkylation sites (N-methyl/N-ethyl adjacent to an activating group) is 1. The molecule has 0 aromatic heterocycles. The number of nitro groups is 1. The molecule has 2 aromatic rings. The zero-order chi connectivity index (χ0) is 17.0. The van der Waals surface area contributed by atoms with Gasteiger partial charge in [-0.3, -0.25) is 14.9 Å². The van der Waals surface area contributed by atoms with Gasteiger partial charge in [0.2, 0.25) is 5.91 Å². The lowest BCUT2D eigenvalue weighted by atomic mass is 10.1. The van der Waals surface area contributed by atoms with Crippen molar-refractivity contribution in [2.24, 2.45) is 0 Å². The fraction of sp³-hybridized carbons (Fsp3) is 0.235. The molecular weight excluding hydrogens is 316 g/mol. The summed E-state index contributed by atoms with van der Waals surface area (Å²) < 4.78 is 0. The maximum absolute atomic E-state index is 12.4. The van der Waals surface area contributed by atoms with Crippen molar-refractivity contribution in [1.82, 2.24) is 4.90 Å². The third-order valence-corrected chi connectivity index (χ3v) is 4.04. The number of nitro benzene ring substituents is 1. The van der Waals surface area contributed by atoms with Crippen LogP contribution in [0.2, 0.25) is 5.02 Å². The number of carbonyl (C=O) groups excluding carboxylic acids is 1. The van der Waals surface area contributed by atoms with E-state index in [0.717, 1.165) is 11.1 Å². The molecule has 5 nitrogen and oxygen atoms in total. The number of halogens is 1. The Labute approximate surface area is 139 Å². The van der Waals surface area contributed by atoms with Gasteiger partial charge in [-0.2, -0.15) is 0 Å². The minimum atomic E-state index is -0.459. The molecule has 2 aromatic carbocycles. The fourth-order valence-electron chi connectivity index (χ4n) is 2.24. The van der Waals surface area contributed by atoms with Gasteiger partial charge in [0, 0.05) is 24.2 Å². The second-order valence-corrected chi connectivity index (χ2v) is 5.77. The van der Waals surface area contributed by atoms with Crippen LogP contribution >= 0.6 is 11.6 Å². The van der Waals surface area contributed by atoms with Crippen LogP contribution in [-0.4, -0.2) is 22.8 Å². The van der Waals surface area contributed by atoms with Crippen molar-refractivity contribution in [2.45, 2.75) is 19.4 Å². The second-order valence-electron chi connectivity index (χ2n) is 5.34. The highest BCUT2D eigenvalue weighted by atomic mass is 35.5. The molecule has 0 saturated heterocycles. The van der Waals surface area contributed by atoms with E-state index >= 15 is 0 Å². The van der Waals surface area contributed by atoms with E-state index in [4.69, 9.17) is 11.6 Å². The van der Waals surface area contributed by atoms with Crippen LogP contribution in [0.25, 0.3) is 0 Å². The highest BCUT2D eigenvalue weighted by Crippen LogP contribution is 2.22. The summed E-state index contributed by atoms with van der Waals surface area (Å²) in [6, 6.07) is 13.3. The van der Waals surface area contributed by atoms with E-state index in [9.17, 15) is 14.9 Å². The molecule has 0 fully saturated rings. The molecule has 0 N–H and O–H groups in total. The molecule has 1 atom stereocenters. The van der Waals surface area contributed by atoms with Gasteiger partial charge in [0.25, 0.3) is 5.69 Å². The Balaban J connectivity index is 2.06. The van der Waals surface area contributed by atoms with Crippen LogP contribution in [0.3, 0.4) is 0 Å². The van der Waals surface area contributed by atoms with E-state index < -0.39 is 4.92 Å². The summed E-state index contributed by atoms with van der Waals surface area (Å²) in [4.78, 5) is 24.2. The maximum atomic E-state index is 12.4. The largest absolute Gasteiger partial charge is 0.339 e. The Morgan fingerprint density at radius 2 is 1.91 bits per heavy atom. The van der Waals surface area contributed by atoms with Gasteiger partial charge in [-0.15, -0.1) is 0 Å². The highest BCUT2D eigenvalue weighted by molar-refractivity contribution is 6.30. The van der Waals surface area contributed by atoms with Gasteiger partial charge in [-0.05, 0) is 30.2 Å². The summed E-state index contributed by atoms with van der Waals surface area (Å²) >= 11 is 5.98. The lowest BCUT2D eigenvalue weighted by Gasteiger charge is -2.25. The predicted molar refractivity (Wildman–Crippen MR) is 89.4 cm³/mol. The smallest absolute Gasteiger partial charge is 0.269 e. The lowest BCUT2D eigenvalue weighted by Crippen LogP contribution is -2.30. The first-order valence-electron chi connectivity index (χ1n) is 7.13. The van der Waals surface area contributed by atoms with Crippen LogP contribution < -0.4 is 0 Å². The molecule has 1 amide bonds. The zero-order valence-corrected chi connectivity index (χ0v) is 13.7. The van der Waals surface area contributed by atoms with E-state index in [2.05, 4.69) is 0 Å².